The highest BCUT2D eigenvalue weighted by Gasteiger charge is 2.56. The van der Waals surface area contributed by atoms with Gasteiger partial charge in [0.1, 0.15) is 43.2 Å². The maximum absolute atomic E-state index is 13.1. The van der Waals surface area contributed by atoms with Crippen LogP contribution in [0.3, 0.4) is 0 Å². The Morgan fingerprint density at radius 1 is 0.464 bits per heavy atom. The van der Waals surface area contributed by atoms with Gasteiger partial charge in [0, 0.05) is 12.8 Å². The van der Waals surface area contributed by atoms with Crippen molar-refractivity contribution in [2.45, 2.75) is 236 Å². The summed E-state index contributed by atoms with van der Waals surface area (Å²) in [5.74, 6) is -1.35. The lowest BCUT2D eigenvalue weighted by molar-refractivity contribution is -0.213. The van der Waals surface area contributed by atoms with Crippen molar-refractivity contribution in [2.75, 3.05) is 13.2 Å². The molecule has 8 atom stereocenters. The van der Waals surface area contributed by atoms with Gasteiger partial charge in [0.05, 0.1) is 6.61 Å². The first-order valence-electron chi connectivity index (χ1n) is 25.3. The monoisotopic (exact) mass is 1050 g/mol. The van der Waals surface area contributed by atoms with Crippen molar-refractivity contribution >= 4 is 35.4 Å². The fraction of sp³-hybridized carbons (Fsp3) is 0.830. The molecule has 19 nitrogen and oxygen atoms in total. The Hall–Kier alpha value is -1.63. The third-order valence-electron chi connectivity index (χ3n) is 11.4. The van der Waals surface area contributed by atoms with E-state index in [4.69, 9.17) is 18.5 Å². The van der Waals surface area contributed by atoms with Crippen molar-refractivity contribution in [3.8, 4) is 0 Å². The molecule has 0 aliphatic heterocycles. The van der Waals surface area contributed by atoms with E-state index in [0.29, 0.717) is 19.3 Å². The summed E-state index contributed by atoms with van der Waals surface area (Å²) < 4.78 is 65.5. The summed E-state index contributed by atoms with van der Waals surface area (Å²) in [5.41, 5.74) is 0. The van der Waals surface area contributed by atoms with Crippen molar-refractivity contribution in [3.63, 3.8) is 0 Å². The first-order valence-corrected chi connectivity index (χ1v) is 29.8. The van der Waals surface area contributed by atoms with Crippen LogP contribution in [0.1, 0.15) is 194 Å². The van der Waals surface area contributed by atoms with Gasteiger partial charge < -0.3 is 49.3 Å². The number of aliphatic hydroxyl groups excluding tert-OH is 3. The first kappa shape index (κ1) is 65.4. The van der Waals surface area contributed by atoms with Crippen molar-refractivity contribution in [1.29, 1.82) is 0 Å². The molecule has 8 N–H and O–H groups in total. The molecule has 0 aromatic rings. The minimum atomic E-state index is -5.61. The normalized spacial score (nSPS) is 21.6. The Morgan fingerprint density at radius 2 is 0.855 bits per heavy atom. The standard InChI is InChI=1S/C47H87O19P3/c1-3-5-7-9-11-13-15-17-19-20-22-24-26-28-30-32-34-36-41(49)63-39(37-61-40(48)35-33-31-29-27-25-23-21-18-16-14-12-10-8-6-4-2)38-62-69(59,60)66-45-42(50)43(51)46(64-67(53,54)55)47(44(45)52)65-68(56,57)58/h17,19,22,24,28,30,39,42-47,50-52H,3-16,18,20-21,23,25-27,29,31-38H2,1-2H3,(H,59,60)(H2,53,54,55)(H2,56,57,58)/b19-17-,24-22-,30-28-/t39-,42?,43?,44?,45+,46?,47+/m1/s1. The summed E-state index contributed by atoms with van der Waals surface area (Å²) in [5, 5.41) is 31.9. The number of carbonyl (C=O) groups excluding carboxylic acids is 2. The summed E-state index contributed by atoms with van der Waals surface area (Å²) in [6.07, 6.45) is 24.5. The second kappa shape index (κ2) is 38.9. The molecular formula is C47H87O19P3. The molecule has 1 aliphatic carbocycles. The van der Waals surface area contributed by atoms with Crippen LogP contribution >= 0.6 is 23.5 Å². The van der Waals surface area contributed by atoms with E-state index >= 15 is 0 Å². The highest BCUT2D eigenvalue weighted by molar-refractivity contribution is 7.47. The molecule has 0 aromatic heterocycles. The Kier molecular flexibility index (Phi) is 36.9. The number of hydrogen-bond acceptors (Lipinski definition) is 14. The van der Waals surface area contributed by atoms with E-state index in [-0.39, 0.29) is 12.8 Å². The summed E-state index contributed by atoms with van der Waals surface area (Å²) in [4.78, 5) is 73.3. The molecule has 69 heavy (non-hydrogen) atoms. The van der Waals surface area contributed by atoms with Crippen LogP contribution in [0.4, 0.5) is 0 Å². The van der Waals surface area contributed by atoms with E-state index < -0.39 is 91.3 Å². The lowest BCUT2D eigenvalue weighted by Gasteiger charge is -2.44. The second-order valence-corrected chi connectivity index (χ2v) is 21.5. The third kappa shape index (κ3) is 35.2. The third-order valence-corrected chi connectivity index (χ3v) is 13.5. The van der Waals surface area contributed by atoms with E-state index in [1.165, 1.54) is 103 Å². The second-order valence-electron chi connectivity index (χ2n) is 17.8. The maximum atomic E-state index is 13.1. The number of hydrogen-bond donors (Lipinski definition) is 8. The summed E-state index contributed by atoms with van der Waals surface area (Å²) in [6, 6.07) is 0. The lowest BCUT2D eigenvalue weighted by Crippen LogP contribution is -2.65. The molecule has 1 fully saturated rings. The molecule has 0 bridgehead atoms. The van der Waals surface area contributed by atoms with Crippen molar-refractivity contribution in [3.05, 3.63) is 36.5 Å². The lowest BCUT2D eigenvalue weighted by atomic mass is 9.85. The Bertz CT molecular complexity index is 1580. The summed E-state index contributed by atoms with van der Waals surface area (Å²) in [6.45, 7) is 2.92. The van der Waals surface area contributed by atoms with Gasteiger partial charge in [0.2, 0.25) is 0 Å². The van der Waals surface area contributed by atoms with Crippen LogP contribution in [0.25, 0.3) is 0 Å². The predicted octanol–water partition coefficient (Wildman–Crippen LogP) is 9.63. The van der Waals surface area contributed by atoms with Gasteiger partial charge in [-0.1, -0.05) is 172 Å². The average Bonchev–Trinajstić information content (AvgIpc) is 3.28. The molecule has 5 unspecified atom stereocenters. The van der Waals surface area contributed by atoms with Gasteiger partial charge in [-0.2, -0.15) is 0 Å². The van der Waals surface area contributed by atoms with Crippen LogP contribution in [-0.4, -0.2) is 108 Å². The van der Waals surface area contributed by atoms with Crippen LogP contribution in [-0.2, 0) is 50.9 Å². The van der Waals surface area contributed by atoms with E-state index in [0.717, 1.165) is 44.9 Å². The van der Waals surface area contributed by atoms with E-state index in [9.17, 15) is 63.1 Å². The zero-order chi connectivity index (χ0) is 51.4. The largest absolute Gasteiger partial charge is 0.472 e. The van der Waals surface area contributed by atoms with Gasteiger partial charge in [0.15, 0.2) is 6.10 Å². The van der Waals surface area contributed by atoms with Crippen molar-refractivity contribution < 1.29 is 90.6 Å². The molecule has 22 heteroatoms. The molecule has 0 saturated heterocycles. The van der Waals surface area contributed by atoms with Gasteiger partial charge >= 0.3 is 35.4 Å². The molecule has 1 aliphatic rings. The van der Waals surface area contributed by atoms with E-state index in [1.807, 2.05) is 12.2 Å². The minimum Gasteiger partial charge on any atom is -0.462 e. The maximum Gasteiger partial charge on any atom is 0.472 e. The highest BCUT2D eigenvalue weighted by atomic mass is 31.2. The molecule has 404 valence electrons. The topological polar surface area (TPSA) is 303 Å². The molecule has 1 rings (SSSR count). The number of unbranched alkanes of at least 4 members (excludes halogenated alkanes) is 21. The number of phosphoric acid groups is 3. The zero-order valence-electron chi connectivity index (χ0n) is 41.1. The Labute approximate surface area is 410 Å². The minimum absolute atomic E-state index is 0.0718. The number of allylic oxidation sites excluding steroid dienone is 6. The molecule has 0 amide bonds. The van der Waals surface area contributed by atoms with Gasteiger partial charge in [-0.15, -0.1) is 0 Å². The zero-order valence-corrected chi connectivity index (χ0v) is 43.8. The van der Waals surface area contributed by atoms with Gasteiger partial charge in [-0.05, 0) is 44.9 Å². The van der Waals surface area contributed by atoms with E-state index in [1.54, 1.807) is 0 Å². The summed E-state index contributed by atoms with van der Waals surface area (Å²) >= 11 is 0. The van der Waals surface area contributed by atoms with Crippen molar-refractivity contribution in [1.82, 2.24) is 0 Å². The fourth-order valence-corrected chi connectivity index (χ4v) is 9.75. The Morgan fingerprint density at radius 3 is 1.33 bits per heavy atom. The number of phosphoric ester groups is 3. The smallest absolute Gasteiger partial charge is 0.462 e. The number of rotatable bonds is 43. The van der Waals surface area contributed by atoms with Crippen LogP contribution < -0.4 is 0 Å². The number of esters is 2. The van der Waals surface area contributed by atoms with Gasteiger partial charge in [-0.25, -0.2) is 13.7 Å². The molecule has 0 aromatic carbocycles. The first-order chi connectivity index (χ1) is 32.8. The number of aliphatic hydroxyl groups is 3. The number of ether oxygens (including phenoxy) is 2. The Balaban J connectivity index is 2.74. The van der Waals surface area contributed by atoms with Gasteiger partial charge in [0.25, 0.3) is 0 Å². The molecule has 1 saturated carbocycles. The fourth-order valence-electron chi connectivity index (χ4n) is 7.66. The van der Waals surface area contributed by atoms with Crippen LogP contribution in [0.15, 0.2) is 36.5 Å². The van der Waals surface area contributed by atoms with Gasteiger partial charge in [-0.3, -0.25) is 27.7 Å². The van der Waals surface area contributed by atoms with Crippen LogP contribution in [0.2, 0.25) is 0 Å². The van der Waals surface area contributed by atoms with Crippen LogP contribution in [0, 0.1) is 0 Å². The summed E-state index contributed by atoms with van der Waals surface area (Å²) in [7, 11) is -16.6. The van der Waals surface area contributed by atoms with Crippen molar-refractivity contribution in [2.24, 2.45) is 0 Å². The van der Waals surface area contributed by atoms with E-state index in [2.05, 4.69) is 47.2 Å². The predicted molar refractivity (Wildman–Crippen MR) is 261 cm³/mol. The van der Waals surface area contributed by atoms with Crippen LogP contribution in [0.5, 0.6) is 0 Å². The average molecular weight is 1050 g/mol. The SMILES string of the molecule is CCCCCCCC/C=C\C/C=C\C/C=C\CCCC(=O)O[C@H](COC(=O)CCCCCCCCCCCCCCCCC)COP(=O)(O)O[C@H]1C(O)C(O)C(OP(=O)(O)O)[C@@H](OP(=O)(O)O)C1O. The highest BCUT2D eigenvalue weighted by Crippen LogP contribution is 2.51. The molecular weight excluding hydrogens is 961 g/mol. The molecule has 0 spiro atoms. The quantitative estimate of drug-likeness (QED) is 0.0122. The molecule has 0 radical (unpaired) electrons. The number of carbonyl (C=O) groups is 2. The molecule has 0 heterocycles.